The van der Waals surface area contributed by atoms with Crippen molar-refractivity contribution < 1.29 is 18.0 Å². The molecule has 33 heavy (non-hydrogen) atoms. The number of hydrogen-bond acceptors (Lipinski definition) is 6. The Morgan fingerprint density at radius 2 is 1.88 bits per heavy atom. The number of aromatic nitrogens is 7. The van der Waals surface area contributed by atoms with Crippen molar-refractivity contribution in [2.24, 2.45) is 12.2 Å². The first kappa shape index (κ1) is 19.5. The summed E-state index contributed by atoms with van der Waals surface area (Å²) in [7, 11) is 1.70. The van der Waals surface area contributed by atoms with E-state index in [0.717, 1.165) is 28.6 Å². The van der Waals surface area contributed by atoms with E-state index in [1.54, 1.807) is 28.7 Å². The molecule has 0 saturated heterocycles. The Balaban J connectivity index is 1.43. The number of oxime groups is 1. The van der Waals surface area contributed by atoms with Crippen LogP contribution < -0.4 is 0 Å². The van der Waals surface area contributed by atoms with E-state index in [-0.39, 0.29) is 6.10 Å². The predicted molar refractivity (Wildman–Crippen MR) is 112 cm³/mol. The molecule has 0 amide bonds. The zero-order valence-corrected chi connectivity index (χ0v) is 17.1. The highest BCUT2D eigenvalue weighted by atomic mass is 19.4. The molecule has 0 bridgehead atoms. The Bertz CT molecular complexity index is 1510. The largest absolute Gasteiger partial charge is 0.416 e. The van der Waals surface area contributed by atoms with Gasteiger partial charge in [-0.05, 0) is 42.0 Å². The highest BCUT2D eigenvalue weighted by Gasteiger charge is 2.30. The van der Waals surface area contributed by atoms with Crippen molar-refractivity contribution in [1.29, 1.82) is 0 Å². The summed E-state index contributed by atoms with van der Waals surface area (Å²) in [6.07, 6.45) is -0.937. The molecule has 9 nitrogen and oxygen atoms in total. The maximum atomic E-state index is 13.0. The maximum absolute atomic E-state index is 13.0. The van der Waals surface area contributed by atoms with E-state index < -0.39 is 11.7 Å². The lowest BCUT2D eigenvalue weighted by atomic mass is 10.0. The van der Waals surface area contributed by atoms with Gasteiger partial charge in [0.2, 0.25) is 0 Å². The molecule has 0 N–H and O–H groups in total. The molecule has 5 aromatic rings. The molecule has 4 heterocycles. The molecule has 1 aliphatic heterocycles. The summed E-state index contributed by atoms with van der Waals surface area (Å²) < 4.78 is 42.4. The average Bonchev–Trinajstić information content (AvgIpc) is 3.57. The minimum atomic E-state index is -4.40. The van der Waals surface area contributed by atoms with E-state index in [2.05, 4.69) is 25.7 Å². The standard InChI is InChI=1S/C21H15F3N8O/c1-30-26-19-15-10-12(17-11-18(28-33-17)31-9-8-25-29-31)2-7-16(15)32(20(19)27-30)14-5-3-13(4-6-14)21(22,23)24/h2-10,17H,11H2,1H3. The van der Waals surface area contributed by atoms with Gasteiger partial charge in [0, 0.05) is 18.1 Å². The van der Waals surface area contributed by atoms with E-state index in [1.807, 2.05) is 18.2 Å². The van der Waals surface area contributed by atoms with Gasteiger partial charge >= 0.3 is 6.18 Å². The van der Waals surface area contributed by atoms with Crippen LogP contribution in [-0.2, 0) is 18.1 Å². The maximum Gasteiger partial charge on any atom is 0.416 e. The van der Waals surface area contributed by atoms with Crippen LogP contribution in [0.25, 0.3) is 27.8 Å². The summed E-state index contributed by atoms with van der Waals surface area (Å²) in [6.45, 7) is 0. The molecule has 0 saturated carbocycles. The molecule has 2 aromatic carbocycles. The van der Waals surface area contributed by atoms with Gasteiger partial charge < -0.3 is 4.84 Å². The molecule has 12 heteroatoms. The van der Waals surface area contributed by atoms with E-state index in [0.29, 0.717) is 29.1 Å². The third-order valence-electron chi connectivity index (χ3n) is 5.59. The number of halogens is 3. The second kappa shape index (κ2) is 6.89. The van der Waals surface area contributed by atoms with Crippen molar-refractivity contribution in [3.05, 3.63) is 66.0 Å². The van der Waals surface area contributed by atoms with Crippen LogP contribution in [0.5, 0.6) is 0 Å². The molecule has 1 unspecified atom stereocenters. The Kier molecular flexibility index (Phi) is 4.06. The number of fused-ring (bicyclic) bond motifs is 3. The fraction of sp³-hybridized carbons (Fsp3) is 0.190. The molecule has 0 fully saturated rings. The number of rotatable bonds is 2. The van der Waals surface area contributed by atoms with Crippen LogP contribution in [0.3, 0.4) is 0 Å². The van der Waals surface area contributed by atoms with Crippen LogP contribution >= 0.6 is 0 Å². The number of alkyl halides is 3. The van der Waals surface area contributed by atoms with Crippen LogP contribution in [0.2, 0.25) is 0 Å². The zero-order valence-electron chi connectivity index (χ0n) is 17.1. The van der Waals surface area contributed by atoms with E-state index >= 15 is 0 Å². The lowest BCUT2D eigenvalue weighted by molar-refractivity contribution is -0.137. The van der Waals surface area contributed by atoms with Gasteiger partial charge in [0.25, 0.3) is 0 Å². The summed E-state index contributed by atoms with van der Waals surface area (Å²) >= 11 is 0. The Labute approximate surface area is 183 Å². The Morgan fingerprint density at radius 3 is 2.61 bits per heavy atom. The fourth-order valence-electron chi connectivity index (χ4n) is 4.06. The Hall–Kier alpha value is -4.22. The van der Waals surface area contributed by atoms with E-state index in [4.69, 9.17) is 4.84 Å². The molecule has 0 radical (unpaired) electrons. The first-order valence-electron chi connectivity index (χ1n) is 10.0. The van der Waals surface area contributed by atoms with Crippen molar-refractivity contribution in [1.82, 2.24) is 34.6 Å². The minimum Gasteiger partial charge on any atom is -0.386 e. The molecule has 1 atom stereocenters. The summed E-state index contributed by atoms with van der Waals surface area (Å²) in [4.78, 5) is 7.06. The quantitative estimate of drug-likeness (QED) is 0.406. The van der Waals surface area contributed by atoms with Gasteiger partial charge in [-0.25, -0.2) is 4.68 Å². The van der Waals surface area contributed by atoms with Crippen LogP contribution in [-0.4, -0.2) is 40.4 Å². The average molecular weight is 452 g/mol. The third-order valence-corrected chi connectivity index (χ3v) is 5.59. The second-order valence-electron chi connectivity index (χ2n) is 7.67. The van der Waals surface area contributed by atoms with Gasteiger partial charge in [-0.15, -0.1) is 10.2 Å². The van der Waals surface area contributed by atoms with Crippen LogP contribution in [0.1, 0.15) is 23.7 Å². The number of aryl methyl sites for hydroxylation is 1. The molecule has 6 rings (SSSR count). The number of benzene rings is 2. The van der Waals surface area contributed by atoms with Gasteiger partial charge in [-0.2, -0.15) is 23.1 Å². The van der Waals surface area contributed by atoms with Crippen LogP contribution in [0.15, 0.2) is 60.0 Å². The zero-order chi connectivity index (χ0) is 22.7. The van der Waals surface area contributed by atoms with Crippen molar-refractivity contribution >= 4 is 27.9 Å². The monoisotopic (exact) mass is 452 g/mol. The molecular weight excluding hydrogens is 437 g/mol. The summed E-state index contributed by atoms with van der Waals surface area (Å²) in [5.74, 6) is 0.643. The molecule has 1 aliphatic rings. The summed E-state index contributed by atoms with van der Waals surface area (Å²) in [6, 6.07) is 10.7. The molecule has 0 aliphatic carbocycles. The van der Waals surface area contributed by atoms with Crippen LogP contribution in [0.4, 0.5) is 13.2 Å². The lowest BCUT2D eigenvalue weighted by Gasteiger charge is -2.11. The fourth-order valence-corrected chi connectivity index (χ4v) is 4.06. The summed E-state index contributed by atoms with van der Waals surface area (Å²) in [5, 5.41) is 21.6. The van der Waals surface area contributed by atoms with Crippen molar-refractivity contribution in [2.45, 2.75) is 18.7 Å². The topological polar surface area (TPSA) is 87.9 Å². The number of hydrogen-bond donors (Lipinski definition) is 0. The summed E-state index contributed by atoms with van der Waals surface area (Å²) in [5.41, 5.74) is 2.71. The normalized spacial score (nSPS) is 16.5. The van der Waals surface area contributed by atoms with E-state index in [1.165, 1.54) is 16.9 Å². The van der Waals surface area contributed by atoms with Gasteiger partial charge in [0.1, 0.15) is 5.52 Å². The first-order valence-corrected chi connectivity index (χ1v) is 10.0. The first-order chi connectivity index (χ1) is 15.9. The second-order valence-corrected chi connectivity index (χ2v) is 7.67. The smallest absolute Gasteiger partial charge is 0.386 e. The van der Waals surface area contributed by atoms with E-state index in [9.17, 15) is 13.2 Å². The van der Waals surface area contributed by atoms with Crippen molar-refractivity contribution in [2.75, 3.05) is 0 Å². The van der Waals surface area contributed by atoms with Crippen molar-refractivity contribution in [3.63, 3.8) is 0 Å². The van der Waals surface area contributed by atoms with Gasteiger partial charge in [0.15, 0.2) is 17.6 Å². The lowest BCUT2D eigenvalue weighted by Crippen LogP contribution is -2.11. The van der Waals surface area contributed by atoms with Gasteiger partial charge in [-0.1, -0.05) is 16.4 Å². The number of nitrogens with zero attached hydrogens (tertiary/aromatic N) is 8. The molecule has 3 aromatic heterocycles. The van der Waals surface area contributed by atoms with Gasteiger partial charge in [0.05, 0.1) is 29.9 Å². The highest BCUT2D eigenvalue weighted by Crippen LogP contribution is 2.36. The predicted octanol–water partition coefficient (Wildman–Crippen LogP) is 3.85. The minimum absolute atomic E-state index is 0.310. The highest BCUT2D eigenvalue weighted by molar-refractivity contribution is 6.05. The SMILES string of the molecule is Cn1nc2c3cc(C4CC(n5ccnn5)=NO4)ccc3n(-c3ccc(C(F)(F)F)cc3)c2n1. The molecule has 166 valence electrons. The van der Waals surface area contributed by atoms with Gasteiger partial charge in [-0.3, -0.25) is 4.57 Å². The van der Waals surface area contributed by atoms with Crippen LogP contribution in [0, 0.1) is 0 Å². The third kappa shape index (κ3) is 3.13. The molecule has 0 spiro atoms. The van der Waals surface area contributed by atoms with Crippen molar-refractivity contribution in [3.8, 4) is 5.69 Å². The Morgan fingerprint density at radius 1 is 1.06 bits per heavy atom. The molecular formula is C21H15F3N8O.